The monoisotopic (exact) mass is 443 g/mol. The van der Waals surface area contributed by atoms with Crippen LogP contribution in [0.25, 0.3) is 22.8 Å². The van der Waals surface area contributed by atoms with E-state index >= 15 is 0 Å². The van der Waals surface area contributed by atoms with Crippen LogP contribution in [0.3, 0.4) is 0 Å². The Hall–Kier alpha value is -3.58. The average Bonchev–Trinajstić information content (AvgIpc) is 3.29. The molecular formula is C25H21N3O3S. The molecule has 0 unspecified atom stereocenters. The largest absolute Gasteiger partial charge is 0.496 e. The molecule has 32 heavy (non-hydrogen) atoms. The minimum atomic E-state index is 0.0273. The van der Waals surface area contributed by atoms with Gasteiger partial charge in [-0.25, -0.2) is 0 Å². The number of benzene rings is 3. The number of aromatic nitrogens is 2. The maximum Gasteiger partial charge on any atom is 0.262 e. The van der Waals surface area contributed by atoms with Crippen LogP contribution in [-0.2, 0) is 0 Å². The van der Waals surface area contributed by atoms with Crippen LogP contribution >= 0.6 is 11.8 Å². The number of anilines is 1. The molecule has 3 aromatic carbocycles. The first-order valence-electron chi connectivity index (χ1n) is 10.4. The van der Waals surface area contributed by atoms with Gasteiger partial charge >= 0.3 is 0 Å². The SMILES string of the molecule is CCCN1C(=O)c2ccccc2Sc2cc(-c3noc(-c4ccccc4OC)n3)ccc21. The molecule has 0 saturated heterocycles. The van der Waals surface area contributed by atoms with Crippen molar-refractivity contribution < 1.29 is 14.1 Å². The summed E-state index contributed by atoms with van der Waals surface area (Å²) >= 11 is 1.59. The minimum Gasteiger partial charge on any atom is -0.496 e. The average molecular weight is 444 g/mol. The van der Waals surface area contributed by atoms with Gasteiger partial charge in [0.25, 0.3) is 11.8 Å². The molecule has 6 nitrogen and oxygen atoms in total. The number of amides is 1. The normalized spacial score (nSPS) is 12.8. The van der Waals surface area contributed by atoms with Crippen LogP contribution in [0.15, 0.2) is 81.0 Å². The number of rotatable bonds is 5. The Labute approximate surface area is 190 Å². The van der Waals surface area contributed by atoms with Gasteiger partial charge in [0.05, 0.1) is 23.9 Å². The number of carbonyl (C=O) groups is 1. The predicted octanol–water partition coefficient (Wildman–Crippen LogP) is 5.93. The summed E-state index contributed by atoms with van der Waals surface area (Å²) in [5.41, 5.74) is 3.19. The van der Waals surface area contributed by atoms with E-state index in [1.165, 1.54) is 0 Å². The fourth-order valence-electron chi connectivity index (χ4n) is 3.78. The zero-order valence-electron chi connectivity index (χ0n) is 17.7. The lowest BCUT2D eigenvalue weighted by Crippen LogP contribution is -2.31. The van der Waals surface area contributed by atoms with Crippen LogP contribution in [0.2, 0.25) is 0 Å². The van der Waals surface area contributed by atoms with E-state index in [2.05, 4.69) is 17.1 Å². The summed E-state index contributed by atoms with van der Waals surface area (Å²) in [5.74, 6) is 1.58. The molecule has 0 N–H and O–H groups in total. The van der Waals surface area contributed by atoms with Gasteiger partial charge in [-0.2, -0.15) is 4.98 Å². The Morgan fingerprint density at radius 3 is 2.59 bits per heavy atom. The highest BCUT2D eigenvalue weighted by molar-refractivity contribution is 7.99. The zero-order chi connectivity index (χ0) is 22.1. The number of carbonyl (C=O) groups excluding carboxylic acids is 1. The van der Waals surface area contributed by atoms with Crippen molar-refractivity contribution in [3.63, 3.8) is 0 Å². The van der Waals surface area contributed by atoms with E-state index in [9.17, 15) is 4.79 Å². The standard InChI is InChI=1S/C25H21N3O3S/c1-3-14-28-19-13-12-16(15-22(19)32-21-11-7-5-9-18(21)25(28)29)23-26-24(31-27-23)17-8-4-6-10-20(17)30-2/h4-13,15H,3,14H2,1-2H3. The number of hydrogen-bond acceptors (Lipinski definition) is 6. The molecule has 1 aliphatic rings. The van der Waals surface area contributed by atoms with Crippen molar-refractivity contribution in [3.8, 4) is 28.6 Å². The summed E-state index contributed by atoms with van der Waals surface area (Å²) in [5, 5.41) is 4.19. The molecule has 1 amide bonds. The lowest BCUT2D eigenvalue weighted by atomic mass is 10.1. The number of methoxy groups -OCH3 is 1. The summed E-state index contributed by atoms with van der Waals surface area (Å²) < 4.78 is 10.9. The first kappa shape index (κ1) is 20.3. The molecule has 7 heteroatoms. The van der Waals surface area contributed by atoms with Gasteiger partial charge < -0.3 is 14.2 Å². The molecular weight excluding hydrogens is 422 g/mol. The third-order valence-corrected chi connectivity index (χ3v) is 6.42. The summed E-state index contributed by atoms with van der Waals surface area (Å²) in [4.78, 5) is 21.6. The smallest absolute Gasteiger partial charge is 0.262 e. The second kappa shape index (κ2) is 8.51. The van der Waals surface area contributed by atoms with Crippen LogP contribution in [0.4, 0.5) is 5.69 Å². The van der Waals surface area contributed by atoms with E-state index < -0.39 is 0 Å². The molecule has 0 radical (unpaired) electrons. The van der Waals surface area contributed by atoms with Crippen LogP contribution < -0.4 is 9.64 Å². The van der Waals surface area contributed by atoms with Crippen molar-refractivity contribution in [1.82, 2.24) is 10.1 Å². The maximum atomic E-state index is 13.2. The first-order valence-corrected chi connectivity index (χ1v) is 11.2. The lowest BCUT2D eigenvalue weighted by Gasteiger charge is -2.22. The molecule has 1 aliphatic heterocycles. The number of hydrogen-bond donors (Lipinski definition) is 0. The molecule has 0 fully saturated rings. The molecule has 0 aliphatic carbocycles. The maximum absolute atomic E-state index is 13.2. The van der Waals surface area contributed by atoms with Gasteiger partial charge in [-0.1, -0.05) is 48.1 Å². The third kappa shape index (κ3) is 3.54. The number of nitrogens with zero attached hydrogens (tertiary/aromatic N) is 3. The molecule has 160 valence electrons. The van der Waals surface area contributed by atoms with Gasteiger partial charge in [-0.15, -0.1) is 0 Å². The zero-order valence-corrected chi connectivity index (χ0v) is 18.6. The molecule has 0 atom stereocenters. The molecule has 1 aromatic heterocycles. The van der Waals surface area contributed by atoms with Crippen LogP contribution in [0.1, 0.15) is 23.7 Å². The Bertz CT molecular complexity index is 1300. The lowest BCUT2D eigenvalue weighted by molar-refractivity contribution is 0.0984. The Morgan fingerprint density at radius 1 is 1.00 bits per heavy atom. The summed E-state index contributed by atoms with van der Waals surface area (Å²) in [6, 6.07) is 21.2. The quantitative estimate of drug-likeness (QED) is 0.381. The molecule has 0 bridgehead atoms. The van der Waals surface area contributed by atoms with E-state index in [1.807, 2.05) is 71.6 Å². The van der Waals surface area contributed by atoms with Crippen molar-refractivity contribution in [1.29, 1.82) is 0 Å². The molecule has 5 rings (SSSR count). The van der Waals surface area contributed by atoms with Crippen molar-refractivity contribution in [3.05, 3.63) is 72.3 Å². The van der Waals surface area contributed by atoms with E-state index in [1.54, 1.807) is 18.9 Å². The molecule has 0 saturated carbocycles. The molecule has 0 spiro atoms. The van der Waals surface area contributed by atoms with E-state index in [0.29, 0.717) is 24.0 Å². The van der Waals surface area contributed by atoms with E-state index in [0.717, 1.165) is 38.6 Å². The molecule has 4 aromatic rings. The second-order valence-corrected chi connectivity index (χ2v) is 8.44. The summed E-state index contributed by atoms with van der Waals surface area (Å²) in [7, 11) is 1.61. The number of para-hydroxylation sites is 1. The van der Waals surface area contributed by atoms with Crippen molar-refractivity contribution in [2.45, 2.75) is 23.1 Å². The predicted molar refractivity (Wildman–Crippen MR) is 124 cm³/mol. The number of fused-ring (bicyclic) bond motifs is 2. The highest BCUT2D eigenvalue weighted by atomic mass is 32.2. The van der Waals surface area contributed by atoms with Crippen molar-refractivity contribution in [2.24, 2.45) is 0 Å². The topological polar surface area (TPSA) is 68.5 Å². The third-order valence-electron chi connectivity index (χ3n) is 5.30. The van der Waals surface area contributed by atoms with E-state index in [4.69, 9.17) is 9.26 Å². The summed E-state index contributed by atoms with van der Waals surface area (Å²) in [6.07, 6.45) is 0.868. The second-order valence-electron chi connectivity index (χ2n) is 7.36. The fourth-order valence-corrected chi connectivity index (χ4v) is 4.90. The Balaban J connectivity index is 1.57. The first-order chi connectivity index (χ1) is 15.7. The minimum absolute atomic E-state index is 0.0273. The van der Waals surface area contributed by atoms with Gasteiger partial charge in [-0.05, 0) is 48.9 Å². The van der Waals surface area contributed by atoms with Gasteiger partial charge in [-0.3, -0.25) is 4.79 Å². The van der Waals surface area contributed by atoms with Gasteiger partial charge in [0, 0.05) is 21.9 Å². The Morgan fingerprint density at radius 2 is 1.78 bits per heavy atom. The van der Waals surface area contributed by atoms with Gasteiger partial charge in [0.15, 0.2) is 0 Å². The van der Waals surface area contributed by atoms with Crippen molar-refractivity contribution in [2.75, 3.05) is 18.6 Å². The Kier molecular flexibility index (Phi) is 5.41. The highest BCUT2D eigenvalue weighted by Gasteiger charge is 2.27. The molecule has 2 heterocycles. The number of ether oxygens (including phenoxy) is 1. The van der Waals surface area contributed by atoms with Gasteiger partial charge in [0.1, 0.15) is 5.75 Å². The van der Waals surface area contributed by atoms with E-state index in [-0.39, 0.29) is 5.91 Å². The van der Waals surface area contributed by atoms with Crippen LogP contribution in [-0.4, -0.2) is 29.7 Å². The van der Waals surface area contributed by atoms with Crippen LogP contribution in [0.5, 0.6) is 5.75 Å². The fraction of sp³-hybridized carbons (Fsp3) is 0.160. The van der Waals surface area contributed by atoms with Gasteiger partial charge in [0.2, 0.25) is 5.82 Å². The summed E-state index contributed by atoms with van der Waals surface area (Å²) in [6.45, 7) is 2.73. The van der Waals surface area contributed by atoms with Crippen LogP contribution in [0, 0.1) is 0 Å². The highest BCUT2D eigenvalue weighted by Crippen LogP contribution is 2.43. The van der Waals surface area contributed by atoms with Crippen molar-refractivity contribution >= 4 is 23.4 Å².